The third-order valence-electron chi connectivity index (χ3n) is 4.85. The van der Waals surface area contributed by atoms with Crippen LogP contribution in [0.25, 0.3) is 0 Å². The number of ether oxygens (including phenoxy) is 2. The van der Waals surface area contributed by atoms with Crippen molar-refractivity contribution in [3.63, 3.8) is 0 Å². The van der Waals surface area contributed by atoms with Gasteiger partial charge in [0.05, 0.1) is 5.92 Å². The molecular formula is C17H22O4. The van der Waals surface area contributed by atoms with E-state index >= 15 is 0 Å². The highest BCUT2D eigenvalue weighted by Gasteiger charge is 2.35. The molecule has 4 nitrogen and oxygen atoms in total. The van der Waals surface area contributed by atoms with E-state index < -0.39 is 5.97 Å². The summed E-state index contributed by atoms with van der Waals surface area (Å²) in [5, 5.41) is 9.51. The molecule has 1 aromatic rings. The summed E-state index contributed by atoms with van der Waals surface area (Å²) in [6, 6.07) is 5.90. The Morgan fingerprint density at radius 3 is 2.71 bits per heavy atom. The van der Waals surface area contributed by atoms with Gasteiger partial charge in [0, 0.05) is 0 Å². The number of aliphatic carboxylic acids is 1. The molecule has 1 saturated carbocycles. The normalized spacial score (nSPS) is 28.1. The minimum atomic E-state index is -0.676. The Kier molecular flexibility index (Phi) is 4.04. The topological polar surface area (TPSA) is 55.8 Å². The minimum absolute atomic E-state index is 0.0806. The molecule has 1 fully saturated rings. The van der Waals surface area contributed by atoms with Crippen LogP contribution in [-0.4, -0.2) is 24.3 Å². The molecule has 1 aliphatic carbocycles. The highest BCUT2D eigenvalue weighted by atomic mass is 16.6. The van der Waals surface area contributed by atoms with Gasteiger partial charge in [-0.15, -0.1) is 0 Å². The van der Waals surface area contributed by atoms with E-state index in [4.69, 9.17) is 9.47 Å². The van der Waals surface area contributed by atoms with E-state index in [-0.39, 0.29) is 11.8 Å². The van der Waals surface area contributed by atoms with Crippen LogP contribution in [0.5, 0.6) is 11.5 Å². The number of fused-ring (bicyclic) bond motifs is 1. The predicted molar refractivity (Wildman–Crippen MR) is 78.9 cm³/mol. The van der Waals surface area contributed by atoms with Crippen LogP contribution in [0, 0.1) is 11.8 Å². The van der Waals surface area contributed by atoms with Gasteiger partial charge < -0.3 is 14.6 Å². The van der Waals surface area contributed by atoms with Gasteiger partial charge in [0.1, 0.15) is 13.2 Å². The molecule has 114 valence electrons. The van der Waals surface area contributed by atoms with E-state index in [0.717, 1.165) is 42.7 Å². The van der Waals surface area contributed by atoms with Crippen molar-refractivity contribution in [2.75, 3.05) is 13.2 Å². The summed E-state index contributed by atoms with van der Waals surface area (Å²) in [5.41, 5.74) is 1.07. The van der Waals surface area contributed by atoms with Crippen LogP contribution in [0.3, 0.4) is 0 Å². The van der Waals surface area contributed by atoms with Crippen LogP contribution in [0.1, 0.15) is 44.1 Å². The Morgan fingerprint density at radius 2 is 2.00 bits per heavy atom. The molecule has 0 amide bonds. The van der Waals surface area contributed by atoms with Gasteiger partial charge in [-0.05, 0) is 48.8 Å². The van der Waals surface area contributed by atoms with Gasteiger partial charge >= 0.3 is 5.97 Å². The number of carbonyl (C=O) groups is 1. The Hall–Kier alpha value is -1.71. The quantitative estimate of drug-likeness (QED) is 0.926. The third kappa shape index (κ3) is 2.85. The van der Waals surface area contributed by atoms with Crippen molar-refractivity contribution in [2.24, 2.45) is 11.8 Å². The first kappa shape index (κ1) is 14.2. The largest absolute Gasteiger partial charge is 0.486 e. The van der Waals surface area contributed by atoms with Gasteiger partial charge in [-0.2, -0.15) is 0 Å². The van der Waals surface area contributed by atoms with E-state index in [0.29, 0.717) is 19.1 Å². The fourth-order valence-corrected chi connectivity index (χ4v) is 3.58. The second-order valence-corrected chi connectivity index (χ2v) is 6.04. The Bertz CT molecular complexity index is 526. The van der Waals surface area contributed by atoms with Crippen LogP contribution in [0.4, 0.5) is 0 Å². The number of benzene rings is 1. The minimum Gasteiger partial charge on any atom is -0.486 e. The molecule has 0 aromatic heterocycles. The highest BCUT2D eigenvalue weighted by Crippen LogP contribution is 2.44. The predicted octanol–water partition coefficient (Wildman–Crippen LogP) is 3.45. The zero-order valence-electron chi connectivity index (χ0n) is 12.4. The molecule has 3 unspecified atom stereocenters. The standard InChI is InChI=1S/C17H22O4/c1-2-11-3-5-13(17(18)19)14(9-11)12-4-6-15-16(10-12)21-8-7-20-15/h4,6,10-11,13-14H,2-3,5,7-9H2,1H3,(H,18,19). The first-order chi connectivity index (χ1) is 10.2. The van der Waals surface area contributed by atoms with E-state index in [9.17, 15) is 9.90 Å². The summed E-state index contributed by atoms with van der Waals surface area (Å²) < 4.78 is 11.2. The summed E-state index contributed by atoms with van der Waals surface area (Å²) in [6.07, 6.45) is 3.86. The lowest BCUT2D eigenvalue weighted by Crippen LogP contribution is -2.29. The lowest BCUT2D eigenvalue weighted by atomic mass is 9.70. The second kappa shape index (κ2) is 5.96. The molecular weight excluding hydrogens is 268 g/mol. The smallest absolute Gasteiger partial charge is 0.307 e. The lowest BCUT2D eigenvalue weighted by Gasteiger charge is -2.34. The number of rotatable bonds is 3. The molecule has 1 N–H and O–H groups in total. The van der Waals surface area contributed by atoms with Crippen LogP contribution in [0.15, 0.2) is 18.2 Å². The van der Waals surface area contributed by atoms with Gasteiger partial charge in [-0.1, -0.05) is 19.4 Å². The first-order valence-electron chi connectivity index (χ1n) is 7.81. The van der Waals surface area contributed by atoms with Crippen LogP contribution in [-0.2, 0) is 4.79 Å². The first-order valence-corrected chi connectivity index (χ1v) is 7.81. The van der Waals surface area contributed by atoms with Crippen LogP contribution < -0.4 is 9.47 Å². The van der Waals surface area contributed by atoms with Gasteiger partial charge in [-0.3, -0.25) is 4.79 Å². The molecule has 0 saturated heterocycles. The molecule has 4 heteroatoms. The summed E-state index contributed by atoms with van der Waals surface area (Å²) in [5.74, 6) is 1.26. The maximum absolute atomic E-state index is 11.6. The molecule has 1 aromatic carbocycles. The maximum atomic E-state index is 11.6. The van der Waals surface area contributed by atoms with Gasteiger partial charge in [0.2, 0.25) is 0 Å². The Labute approximate surface area is 125 Å². The molecule has 3 atom stereocenters. The third-order valence-corrected chi connectivity index (χ3v) is 4.85. The molecule has 0 spiro atoms. The fourth-order valence-electron chi connectivity index (χ4n) is 3.58. The van der Waals surface area contributed by atoms with Crippen molar-refractivity contribution in [2.45, 2.75) is 38.5 Å². The maximum Gasteiger partial charge on any atom is 0.307 e. The fraction of sp³-hybridized carbons (Fsp3) is 0.588. The average Bonchev–Trinajstić information content (AvgIpc) is 2.53. The molecule has 1 aliphatic heterocycles. The summed E-state index contributed by atoms with van der Waals surface area (Å²) >= 11 is 0. The number of carboxylic acid groups (broad SMARTS) is 1. The average molecular weight is 290 g/mol. The van der Waals surface area contributed by atoms with Crippen LogP contribution >= 0.6 is 0 Å². The molecule has 0 radical (unpaired) electrons. The van der Waals surface area contributed by atoms with E-state index in [1.54, 1.807) is 0 Å². The van der Waals surface area contributed by atoms with Crippen LogP contribution in [0.2, 0.25) is 0 Å². The van der Waals surface area contributed by atoms with Gasteiger partial charge in [0.15, 0.2) is 11.5 Å². The monoisotopic (exact) mass is 290 g/mol. The van der Waals surface area contributed by atoms with Crippen molar-refractivity contribution < 1.29 is 19.4 Å². The Morgan fingerprint density at radius 1 is 1.24 bits per heavy atom. The molecule has 21 heavy (non-hydrogen) atoms. The molecule has 2 aliphatic rings. The van der Waals surface area contributed by atoms with Crippen molar-refractivity contribution in [3.05, 3.63) is 23.8 Å². The van der Waals surface area contributed by atoms with Gasteiger partial charge in [0.25, 0.3) is 0 Å². The zero-order valence-corrected chi connectivity index (χ0v) is 12.4. The van der Waals surface area contributed by atoms with Crippen molar-refractivity contribution in [1.29, 1.82) is 0 Å². The SMILES string of the molecule is CCC1CCC(C(=O)O)C(c2ccc3c(c2)OCCO3)C1. The lowest BCUT2D eigenvalue weighted by molar-refractivity contribution is -0.143. The van der Waals surface area contributed by atoms with E-state index in [2.05, 4.69) is 6.92 Å². The molecule has 3 rings (SSSR count). The number of hydrogen-bond donors (Lipinski definition) is 1. The number of carboxylic acids is 1. The molecule has 0 bridgehead atoms. The summed E-state index contributed by atoms with van der Waals surface area (Å²) in [7, 11) is 0. The number of hydrogen-bond acceptors (Lipinski definition) is 3. The summed E-state index contributed by atoms with van der Waals surface area (Å²) in [6.45, 7) is 3.32. The van der Waals surface area contributed by atoms with E-state index in [1.165, 1.54) is 0 Å². The molecule has 1 heterocycles. The Balaban J connectivity index is 1.89. The summed E-state index contributed by atoms with van der Waals surface area (Å²) in [4.78, 5) is 11.6. The zero-order chi connectivity index (χ0) is 14.8. The van der Waals surface area contributed by atoms with E-state index in [1.807, 2.05) is 18.2 Å². The van der Waals surface area contributed by atoms with Crippen molar-refractivity contribution in [3.8, 4) is 11.5 Å². The second-order valence-electron chi connectivity index (χ2n) is 6.04. The van der Waals surface area contributed by atoms with Gasteiger partial charge in [-0.25, -0.2) is 0 Å². The highest BCUT2D eigenvalue weighted by molar-refractivity contribution is 5.71. The van der Waals surface area contributed by atoms with Crippen molar-refractivity contribution >= 4 is 5.97 Å². The van der Waals surface area contributed by atoms with Crippen molar-refractivity contribution in [1.82, 2.24) is 0 Å².